The van der Waals surface area contributed by atoms with Gasteiger partial charge in [0, 0.05) is 29.9 Å². The van der Waals surface area contributed by atoms with Crippen molar-refractivity contribution in [1.82, 2.24) is 25.8 Å². The number of rotatable bonds is 16. The lowest BCUT2D eigenvalue weighted by molar-refractivity contribution is -0.137. The third-order valence-corrected chi connectivity index (χ3v) is 19.3. The SMILES string of the molecule is BrCc1ccc(CBr)cc1.Cl.NC1CCC(=O)NC1=O.O=C1CCC(N2C(=O)c3cccc(OCc4ccc(COc5cccc6c5C(=O)N(C5CCC(=O)NC5=O)C6=O)cc4)c3C2=O)C(=O)N1.O=C1OC(=O)c2c(O)cccc21.O=C1OC(=O)c2c(OCc3ccc(COc4cccc5c4C(=O)OC5=O)cc3)cccc21. The monoisotopic (exact) mass is 1670 g/mol. The molecule has 112 heavy (non-hydrogen) atoms. The average Bonchev–Trinajstić information content (AvgIpc) is 1.26. The second-order valence-corrected chi connectivity index (χ2v) is 26.4. The molecule has 3 unspecified atom stereocenters. The molecule has 30 nitrogen and oxygen atoms in total. The molecule has 8 aromatic carbocycles. The van der Waals surface area contributed by atoms with Gasteiger partial charge in [-0.25, -0.2) is 28.8 Å². The lowest BCUT2D eigenvalue weighted by Gasteiger charge is -2.27. The van der Waals surface area contributed by atoms with Crippen LogP contribution >= 0.6 is 44.3 Å². The number of cyclic esters (lactones) is 6. The third kappa shape index (κ3) is 17.5. The van der Waals surface area contributed by atoms with Crippen LogP contribution in [0.5, 0.6) is 28.7 Å². The minimum absolute atomic E-state index is 0. The minimum atomic E-state index is -1.09. The van der Waals surface area contributed by atoms with Gasteiger partial charge >= 0.3 is 35.8 Å². The predicted molar refractivity (Wildman–Crippen MR) is 396 cm³/mol. The number of nitrogens with one attached hydrogen (secondary N) is 3. The Balaban J connectivity index is 0.000000164. The summed E-state index contributed by atoms with van der Waals surface area (Å²) in [6.45, 7) is 0.464. The molecular weight excluding hydrogens is 1610 g/mol. The Morgan fingerprint density at radius 2 is 0.634 bits per heavy atom. The van der Waals surface area contributed by atoms with Crippen molar-refractivity contribution in [3.63, 3.8) is 0 Å². The lowest BCUT2D eigenvalue weighted by Crippen LogP contribution is -2.54. The first kappa shape index (κ1) is 80.1. The molecule has 572 valence electrons. The highest BCUT2D eigenvalue weighted by Crippen LogP contribution is 2.38. The van der Waals surface area contributed by atoms with Crippen LogP contribution in [-0.2, 0) is 80.1 Å². The second-order valence-electron chi connectivity index (χ2n) is 25.3. The van der Waals surface area contributed by atoms with E-state index in [0.29, 0.717) is 12.8 Å². The number of esters is 6. The molecule has 8 aliphatic rings. The van der Waals surface area contributed by atoms with E-state index in [4.69, 9.17) is 29.8 Å². The number of amides is 10. The second kappa shape index (κ2) is 35.2. The molecule has 3 saturated heterocycles. The van der Waals surface area contributed by atoms with E-state index < -0.39 is 101 Å². The predicted octanol–water partition coefficient (Wildman–Crippen LogP) is 8.46. The molecule has 0 aromatic heterocycles. The van der Waals surface area contributed by atoms with Crippen molar-refractivity contribution in [2.45, 2.75) is 93.7 Å². The largest absolute Gasteiger partial charge is 0.507 e. The molecule has 0 aliphatic carbocycles. The maximum absolute atomic E-state index is 13.3. The number of phenolic OH excluding ortho intramolecular Hbond substituents is 1. The van der Waals surface area contributed by atoms with E-state index in [2.05, 4.69) is 86.3 Å². The summed E-state index contributed by atoms with van der Waals surface area (Å²) in [7, 11) is 0. The number of hydrogen-bond donors (Lipinski definition) is 5. The number of piperidine rings is 3. The van der Waals surface area contributed by atoms with E-state index >= 15 is 0 Å². The highest BCUT2D eigenvalue weighted by atomic mass is 79.9. The normalized spacial score (nSPS) is 17.4. The van der Waals surface area contributed by atoms with Crippen LogP contribution in [0, 0.1) is 0 Å². The Bertz CT molecular complexity index is 4980. The fraction of sp³-hybridized carbons (Fsp3) is 0.190. The summed E-state index contributed by atoms with van der Waals surface area (Å²) < 4.78 is 36.9. The van der Waals surface area contributed by atoms with Crippen LogP contribution in [0.25, 0.3) is 0 Å². The van der Waals surface area contributed by atoms with E-state index in [9.17, 15) is 76.7 Å². The zero-order valence-corrected chi connectivity index (χ0v) is 62.3. The number of halogens is 3. The van der Waals surface area contributed by atoms with Gasteiger partial charge in [-0.05, 0) is 113 Å². The molecule has 8 aromatic rings. The van der Waals surface area contributed by atoms with Gasteiger partial charge in [0.05, 0.1) is 45.0 Å². The Kier molecular flexibility index (Phi) is 25.2. The third-order valence-electron chi connectivity index (χ3n) is 18.0. The van der Waals surface area contributed by atoms with Crippen molar-refractivity contribution < 1.29 is 115 Å². The van der Waals surface area contributed by atoms with Crippen molar-refractivity contribution in [3.8, 4) is 28.7 Å². The standard InChI is InChI=1S/C34H26N4O10.C24H14O8.C8H8Br2.C8H4O4.C5H8N2O2.ClH/c39-25-13-11-21(29(41)35-25)37-31(43)19-3-1-5-23(27(19)33(37)45)47-15-17-7-9-18(10-8-17)16-48-24-6-2-4-20-28(24)34(46)38(32(20)44)22-12-14-26(40)36-30(22)42;25-21-15-3-1-5-17(19(15)23(27)31-21)29-11-13-7-9-14(10-8-13)12-30-18-6-2-4-16-20(18)24(28)32-22(16)26;9-5-7-1-2-8(6-10)4-3-7;9-5-3-1-2-4-6(5)8(11)12-7(4)10;6-3-1-2-4(8)7-5(3)9;/h1-10,21-22H,11-16H2,(H,35,39,41)(H,36,40,42);1-10H,11-12H2;1-4H,5-6H2;1-3,9H;3H,1-2,6H2,(H,7,8,9);1H. The molecule has 8 heterocycles. The fourth-order valence-electron chi connectivity index (χ4n) is 12.3. The van der Waals surface area contributed by atoms with E-state index in [-0.39, 0.29) is 161 Å². The topological polar surface area (TPSA) is 427 Å². The first-order chi connectivity index (χ1) is 53.4. The number of nitrogens with two attached hydrogens (primary N) is 1. The summed E-state index contributed by atoms with van der Waals surface area (Å²) in [5.74, 6) is -9.04. The van der Waals surface area contributed by atoms with Gasteiger partial charge in [0.15, 0.2) is 0 Å². The smallest absolute Gasteiger partial charge is 0.350 e. The Hall–Kier alpha value is -12.9. The van der Waals surface area contributed by atoms with Gasteiger partial charge in [0.1, 0.15) is 83.9 Å². The van der Waals surface area contributed by atoms with Crippen LogP contribution in [0.1, 0.15) is 175 Å². The van der Waals surface area contributed by atoms with Crippen molar-refractivity contribution in [1.29, 1.82) is 0 Å². The zero-order chi connectivity index (χ0) is 78.9. The number of carbonyl (C=O) groups is 16. The van der Waals surface area contributed by atoms with Gasteiger partial charge in [-0.2, -0.15) is 0 Å². The molecular formula is C79H61Br2ClN6O24. The summed E-state index contributed by atoms with van der Waals surface area (Å²) in [4.78, 5) is 192. The number of hydrogen-bond acceptors (Lipinski definition) is 25. The highest BCUT2D eigenvalue weighted by Gasteiger charge is 2.48. The van der Waals surface area contributed by atoms with Crippen LogP contribution in [0.3, 0.4) is 0 Å². The van der Waals surface area contributed by atoms with Gasteiger partial charge in [-0.3, -0.25) is 73.7 Å². The molecule has 0 bridgehead atoms. The van der Waals surface area contributed by atoms with Crippen LogP contribution < -0.4 is 40.6 Å². The molecule has 33 heteroatoms. The Morgan fingerprint density at radius 3 is 0.946 bits per heavy atom. The first-order valence-corrected chi connectivity index (χ1v) is 36.2. The van der Waals surface area contributed by atoms with Crippen molar-refractivity contribution >= 4 is 139 Å². The van der Waals surface area contributed by atoms with Crippen LogP contribution in [0.4, 0.5) is 0 Å². The highest BCUT2D eigenvalue weighted by molar-refractivity contribution is 9.08. The molecule has 0 spiro atoms. The number of nitrogens with zero attached hydrogens (tertiary/aromatic N) is 2. The Morgan fingerprint density at radius 1 is 0.348 bits per heavy atom. The number of carbonyl (C=O) groups excluding carboxylic acids is 16. The lowest BCUT2D eigenvalue weighted by atomic mass is 10.0. The number of aromatic hydroxyl groups is 1. The van der Waals surface area contributed by atoms with Crippen molar-refractivity contribution in [2.24, 2.45) is 5.73 Å². The van der Waals surface area contributed by atoms with Gasteiger partial charge < -0.3 is 44.0 Å². The number of imide groups is 5. The Labute approximate surface area is 657 Å². The summed E-state index contributed by atoms with van der Waals surface area (Å²) in [5.41, 5.74) is 12.1. The number of phenols is 1. The molecule has 8 aliphatic heterocycles. The first-order valence-electron chi connectivity index (χ1n) is 33.9. The van der Waals surface area contributed by atoms with Gasteiger partial charge in [-0.15, -0.1) is 12.4 Å². The average molecular weight is 1670 g/mol. The van der Waals surface area contributed by atoms with Gasteiger partial charge in [0.25, 0.3) is 23.6 Å². The number of fused-ring (bicyclic) bond motifs is 5. The molecule has 6 N–H and O–H groups in total. The maximum atomic E-state index is 13.3. The molecule has 3 fully saturated rings. The van der Waals surface area contributed by atoms with E-state index in [0.717, 1.165) is 42.7 Å². The summed E-state index contributed by atoms with van der Waals surface area (Å²) in [6, 6.07) is 43.3. The molecule has 16 rings (SSSR count). The van der Waals surface area contributed by atoms with Gasteiger partial charge in [0.2, 0.25) is 35.4 Å². The van der Waals surface area contributed by atoms with E-state index in [1.807, 2.05) is 24.3 Å². The molecule has 3 atom stereocenters. The maximum Gasteiger partial charge on any atom is 0.350 e. The van der Waals surface area contributed by atoms with Crippen LogP contribution in [0.15, 0.2) is 164 Å². The summed E-state index contributed by atoms with van der Waals surface area (Å²) >= 11 is 6.78. The molecule has 0 radical (unpaired) electrons. The van der Waals surface area contributed by atoms with Crippen molar-refractivity contribution in [2.75, 3.05) is 0 Å². The van der Waals surface area contributed by atoms with E-state index in [1.165, 1.54) is 53.6 Å². The number of alkyl halides is 2. The quantitative estimate of drug-likeness (QED) is 0.0199. The summed E-state index contributed by atoms with van der Waals surface area (Å²) in [5, 5.41) is 17.5. The van der Waals surface area contributed by atoms with Crippen molar-refractivity contribution in [3.05, 3.63) is 253 Å². The van der Waals surface area contributed by atoms with Crippen LogP contribution in [0.2, 0.25) is 0 Å². The van der Waals surface area contributed by atoms with Gasteiger partial charge in [-0.1, -0.05) is 135 Å². The van der Waals surface area contributed by atoms with E-state index in [1.54, 1.807) is 72.8 Å². The zero-order valence-electron chi connectivity index (χ0n) is 58.3. The summed E-state index contributed by atoms with van der Waals surface area (Å²) in [6.07, 6.45) is 0.970. The minimum Gasteiger partial charge on any atom is -0.507 e. The van der Waals surface area contributed by atoms with Crippen LogP contribution in [-0.4, -0.2) is 128 Å². The molecule has 10 amide bonds. The number of ether oxygens (including phenoxy) is 7. The molecule has 0 saturated carbocycles. The number of benzene rings is 8. The fourth-order valence-corrected chi connectivity index (χ4v) is 13.1.